The van der Waals surface area contributed by atoms with E-state index in [1.54, 1.807) is 24.3 Å². The second kappa shape index (κ2) is 6.28. The quantitative estimate of drug-likeness (QED) is 0.772. The lowest BCUT2D eigenvalue weighted by Crippen LogP contribution is -2.06. The average Bonchev–Trinajstić information content (AvgIpc) is 2.43. The van der Waals surface area contributed by atoms with Gasteiger partial charge >= 0.3 is 0 Å². The predicted molar refractivity (Wildman–Crippen MR) is 72.0 cm³/mol. The molecular weight excluding hydrogens is 262 g/mol. The Morgan fingerprint density at radius 1 is 1.10 bits per heavy atom. The normalized spacial score (nSPS) is 10.3. The molecule has 0 saturated carbocycles. The van der Waals surface area contributed by atoms with Gasteiger partial charge in [0.05, 0.1) is 12.2 Å². The molecule has 0 unspecified atom stereocenters. The van der Waals surface area contributed by atoms with Crippen LogP contribution in [0.3, 0.4) is 0 Å². The van der Waals surface area contributed by atoms with E-state index < -0.39 is 17.4 Å². The molecule has 0 atom stereocenters. The first-order valence-corrected chi connectivity index (χ1v) is 6.34. The van der Waals surface area contributed by atoms with Crippen LogP contribution in [0.15, 0.2) is 42.5 Å². The first-order chi connectivity index (χ1) is 9.61. The zero-order valence-electron chi connectivity index (χ0n) is 11.0. The fourth-order valence-electron chi connectivity index (χ4n) is 1.83. The van der Waals surface area contributed by atoms with E-state index in [0.29, 0.717) is 17.9 Å². The van der Waals surface area contributed by atoms with Crippen LogP contribution in [-0.4, -0.2) is 12.4 Å². The molecule has 0 aliphatic rings. The lowest BCUT2D eigenvalue weighted by molar-refractivity contribution is 0.103. The molecule has 0 amide bonds. The van der Waals surface area contributed by atoms with Crippen molar-refractivity contribution >= 4 is 5.78 Å². The molecule has 0 aliphatic carbocycles. The number of ketones is 1. The number of hydrogen-bond donors (Lipinski definition) is 0. The number of benzene rings is 2. The standard InChI is InChI=1S/C16H14F2O2/c1-2-7-20-15-6-4-3-5-14(15)16(19)11-8-12(17)10-13(18)9-11/h3-6,8-10H,2,7H2,1H3. The van der Waals surface area contributed by atoms with Crippen molar-refractivity contribution in [3.05, 3.63) is 65.2 Å². The minimum atomic E-state index is -0.777. The van der Waals surface area contributed by atoms with Gasteiger partial charge in [0.25, 0.3) is 0 Å². The van der Waals surface area contributed by atoms with Crippen LogP contribution in [-0.2, 0) is 0 Å². The van der Waals surface area contributed by atoms with Gasteiger partial charge in [0, 0.05) is 11.6 Å². The predicted octanol–water partition coefficient (Wildman–Crippen LogP) is 3.98. The molecule has 2 rings (SSSR count). The second-order valence-electron chi connectivity index (χ2n) is 4.33. The molecule has 0 spiro atoms. The van der Waals surface area contributed by atoms with Crippen LogP contribution in [0.1, 0.15) is 29.3 Å². The smallest absolute Gasteiger partial charge is 0.196 e. The van der Waals surface area contributed by atoms with Gasteiger partial charge in [-0.15, -0.1) is 0 Å². The minimum absolute atomic E-state index is 0.0324. The number of para-hydroxylation sites is 1. The summed E-state index contributed by atoms with van der Waals surface area (Å²) in [6.45, 7) is 2.42. The Hall–Kier alpha value is -2.23. The number of ether oxygens (including phenoxy) is 1. The third kappa shape index (κ3) is 3.20. The molecule has 4 heteroatoms. The maximum Gasteiger partial charge on any atom is 0.196 e. The van der Waals surface area contributed by atoms with Crippen molar-refractivity contribution < 1.29 is 18.3 Å². The Bertz CT molecular complexity index is 603. The SMILES string of the molecule is CCCOc1ccccc1C(=O)c1cc(F)cc(F)c1. The van der Waals surface area contributed by atoms with Crippen molar-refractivity contribution in [1.29, 1.82) is 0 Å². The molecule has 20 heavy (non-hydrogen) atoms. The maximum atomic E-state index is 13.2. The molecule has 0 N–H and O–H groups in total. The summed E-state index contributed by atoms with van der Waals surface area (Å²) >= 11 is 0. The Balaban J connectivity index is 2.37. The molecule has 2 aromatic carbocycles. The van der Waals surface area contributed by atoms with Crippen molar-refractivity contribution in [3.8, 4) is 5.75 Å². The average molecular weight is 276 g/mol. The fourth-order valence-corrected chi connectivity index (χ4v) is 1.83. The van der Waals surface area contributed by atoms with Gasteiger partial charge in [-0.1, -0.05) is 19.1 Å². The van der Waals surface area contributed by atoms with Crippen molar-refractivity contribution in [2.24, 2.45) is 0 Å². The first kappa shape index (κ1) is 14.2. The highest BCUT2D eigenvalue weighted by atomic mass is 19.1. The molecule has 2 nitrogen and oxygen atoms in total. The van der Waals surface area contributed by atoms with E-state index in [1.165, 1.54) is 0 Å². The van der Waals surface area contributed by atoms with Crippen LogP contribution in [0.5, 0.6) is 5.75 Å². The largest absolute Gasteiger partial charge is 0.493 e. The summed E-state index contributed by atoms with van der Waals surface area (Å²) in [5.41, 5.74) is 0.265. The van der Waals surface area contributed by atoms with Gasteiger partial charge in [0.15, 0.2) is 5.78 Å². The van der Waals surface area contributed by atoms with Crippen molar-refractivity contribution in [1.82, 2.24) is 0 Å². The summed E-state index contributed by atoms with van der Waals surface area (Å²) in [6.07, 6.45) is 0.803. The van der Waals surface area contributed by atoms with Gasteiger partial charge in [-0.05, 0) is 30.7 Å². The highest BCUT2D eigenvalue weighted by molar-refractivity contribution is 6.10. The number of carbonyl (C=O) groups excluding carboxylic acids is 1. The van der Waals surface area contributed by atoms with E-state index in [4.69, 9.17) is 4.74 Å². The summed E-state index contributed by atoms with van der Waals surface area (Å²) in [5.74, 6) is -1.60. The lowest BCUT2D eigenvalue weighted by atomic mass is 10.0. The molecule has 0 radical (unpaired) electrons. The lowest BCUT2D eigenvalue weighted by Gasteiger charge is -2.10. The van der Waals surface area contributed by atoms with Gasteiger partial charge in [0.1, 0.15) is 17.4 Å². The van der Waals surface area contributed by atoms with Crippen LogP contribution in [0, 0.1) is 11.6 Å². The van der Waals surface area contributed by atoms with Crippen molar-refractivity contribution in [3.63, 3.8) is 0 Å². The summed E-state index contributed by atoms with van der Waals surface area (Å²) in [5, 5.41) is 0. The number of rotatable bonds is 5. The van der Waals surface area contributed by atoms with Gasteiger partial charge in [-0.2, -0.15) is 0 Å². The van der Waals surface area contributed by atoms with E-state index in [2.05, 4.69) is 0 Å². The Labute approximate surface area is 116 Å². The van der Waals surface area contributed by atoms with E-state index in [-0.39, 0.29) is 5.56 Å². The summed E-state index contributed by atoms with van der Waals surface area (Å²) < 4.78 is 31.8. The maximum absolute atomic E-state index is 13.2. The van der Waals surface area contributed by atoms with E-state index in [1.807, 2.05) is 6.92 Å². The van der Waals surface area contributed by atoms with E-state index >= 15 is 0 Å². The number of carbonyl (C=O) groups is 1. The molecule has 104 valence electrons. The number of hydrogen-bond acceptors (Lipinski definition) is 2. The van der Waals surface area contributed by atoms with Crippen LogP contribution < -0.4 is 4.74 Å². The molecule has 0 saturated heterocycles. The Kier molecular flexibility index (Phi) is 4.45. The fraction of sp³-hybridized carbons (Fsp3) is 0.188. The molecule has 0 fully saturated rings. The first-order valence-electron chi connectivity index (χ1n) is 6.34. The van der Waals surface area contributed by atoms with E-state index in [0.717, 1.165) is 24.6 Å². The van der Waals surface area contributed by atoms with Crippen molar-refractivity contribution in [2.45, 2.75) is 13.3 Å². The third-order valence-electron chi connectivity index (χ3n) is 2.72. The van der Waals surface area contributed by atoms with Gasteiger partial charge in [-0.25, -0.2) is 8.78 Å². The summed E-state index contributed by atoms with van der Waals surface area (Å²) in [7, 11) is 0. The number of halogens is 2. The highest BCUT2D eigenvalue weighted by Gasteiger charge is 2.16. The Morgan fingerprint density at radius 2 is 1.75 bits per heavy atom. The molecule has 0 aromatic heterocycles. The third-order valence-corrected chi connectivity index (χ3v) is 2.72. The minimum Gasteiger partial charge on any atom is -0.493 e. The Morgan fingerprint density at radius 3 is 2.40 bits per heavy atom. The molecule has 0 bridgehead atoms. The van der Waals surface area contributed by atoms with Gasteiger partial charge in [0.2, 0.25) is 0 Å². The highest BCUT2D eigenvalue weighted by Crippen LogP contribution is 2.22. The van der Waals surface area contributed by atoms with Crippen molar-refractivity contribution in [2.75, 3.05) is 6.61 Å². The molecule has 0 aliphatic heterocycles. The zero-order valence-corrected chi connectivity index (χ0v) is 11.0. The molecule has 0 heterocycles. The topological polar surface area (TPSA) is 26.3 Å². The van der Waals surface area contributed by atoms with Gasteiger partial charge < -0.3 is 4.74 Å². The summed E-state index contributed by atoms with van der Waals surface area (Å²) in [6, 6.07) is 9.44. The van der Waals surface area contributed by atoms with Gasteiger partial charge in [-0.3, -0.25) is 4.79 Å². The zero-order chi connectivity index (χ0) is 14.5. The summed E-state index contributed by atoms with van der Waals surface area (Å²) in [4.78, 5) is 12.3. The van der Waals surface area contributed by atoms with E-state index in [9.17, 15) is 13.6 Å². The second-order valence-corrected chi connectivity index (χ2v) is 4.33. The van der Waals surface area contributed by atoms with Crippen LogP contribution in [0.25, 0.3) is 0 Å². The van der Waals surface area contributed by atoms with Crippen LogP contribution in [0.2, 0.25) is 0 Å². The monoisotopic (exact) mass is 276 g/mol. The van der Waals surface area contributed by atoms with Crippen LogP contribution >= 0.6 is 0 Å². The molecule has 2 aromatic rings. The van der Waals surface area contributed by atoms with Crippen LogP contribution in [0.4, 0.5) is 8.78 Å². The molecular formula is C16H14F2O2.